The SMILES string of the molecule is CCOC(=O)C1CC(n2cc(-c3ccc(OC)cc3)c3c(N)ncnc32)CCN1C(=O)OC(C)(C)C. The van der Waals surface area contributed by atoms with Crippen molar-refractivity contribution in [2.75, 3.05) is 26.0 Å². The molecule has 0 saturated carbocycles. The number of nitrogens with two attached hydrogens (primary N) is 1. The van der Waals surface area contributed by atoms with Crippen LogP contribution in [0.25, 0.3) is 22.2 Å². The Morgan fingerprint density at radius 3 is 2.53 bits per heavy atom. The van der Waals surface area contributed by atoms with Gasteiger partial charge in [-0.1, -0.05) is 12.1 Å². The van der Waals surface area contributed by atoms with E-state index in [9.17, 15) is 9.59 Å². The predicted molar refractivity (Wildman–Crippen MR) is 136 cm³/mol. The first-order chi connectivity index (χ1) is 17.1. The van der Waals surface area contributed by atoms with E-state index in [2.05, 4.69) is 9.97 Å². The van der Waals surface area contributed by atoms with E-state index < -0.39 is 23.7 Å². The molecule has 1 aliphatic rings. The van der Waals surface area contributed by atoms with E-state index in [1.54, 1.807) is 34.8 Å². The van der Waals surface area contributed by atoms with Crippen molar-refractivity contribution >= 4 is 28.9 Å². The number of rotatable bonds is 5. The molecule has 2 unspecified atom stereocenters. The zero-order valence-electron chi connectivity index (χ0n) is 21.4. The van der Waals surface area contributed by atoms with Crippen molar-refractivity contribution < 1.29 is 23.8 Å². The van der Waals surface area contributed by atoms with Crippen molar-refractivity contribution in [3.63, 3.8) is 0 Å². The Kier molecular flexibility index (Phi) is 7.05. The van der Waals surface area contributed by atoms with Gasteiger partial charge in [0.2, 0.25) is 0 Å². The molecule has 0 aliphatic carbocycles. The summed E-state index contributed by atoms with van der Waals surface area (Å²) >= 11 is 0. The van der Waals surface area contributed by atoms with Crippen LogP contribution in [0.15, 0.2) is 36.8 Å². The maximum absolute atomic E-state index is 12.9. The van der Waals surface area contributed by atoms with Crippen LogP contribution < -0.4 is 10.5 Å². The summed E-state index contributed by atoms with van der Waals surface area (Å²) in [6.07, 6.45) is 3.86. The summed E-state index contributed by atoms with van der Waals surface area (Å²) in [5.74, 6) is 0.672. The Morgan fingerprint density at radius 1 is 1.17 bits per heavy atom. The van der Waals surface area contributed by atoms with Crippen molar-refractivity contribution in [1.82, 2.24) is 19.4 Å². The lowest BCUT2D eigenvalue weighted by molar-refractivity contribution is -0.151. The summed E-state index contributed by atoms with van der Waals surface area (Å²) in [5, 5.41) is 0.741. The maximum atomic E-state index is 12.9. The van der Waals surface area contributed by atoms with Crippen molar-refractivity contribution in [3.8, 4) is 16.9 Å². The number of amides is 1. The summed E-state index contributed by atoms with van der Waals surface area (Å²) in [4.78, 5) is 36.0. The van der Waals surface area contributed by atoms with Crippen LogP contribution in [0.2, 0.25) is 0 Å². The molecule has 1 aromatic carbocycles. The van der Waals surface area contributed by atoms with Gasteiger partial charge < -0.3 is 24.5 Å². The first-order valence-corrected chi connectivity index (χ1v) is 12.0. The van der Waals surface area contributed by atoms with Gasteiger partial charge in [-0.2, -0.15) is 0 Å². The number of nitrogens with zero attached hydrogens (tertiary/aromatic N) is 4. The summed E-state index contributed by atoms with van der Waals surface area (Å²) in [5.41, 5.74) is 8.12. The number of anilines is 1. The number of ether oxygens (including phenoxy) is 3. The van der Waals surface area contributed by atoms with Gasteiger partial charge in [0.15, 0.2) is 0 Å². The van der Waals surface area contributed by atoms with E-state index in [-0.39, 0.29) is 12.6 Å². The normalized spacial score (nSPS) is 18.2. The summed E-state index contributed by atoms with van der Waals surface area (Å²) < 4.78 is 18.2. The molecule has 3 aromatic rings. The number of nitrogen functional groups attached to an aromatic ring is 1. The molecular weight excluding hydrogens is 462 g/mol. The van der Waals surface area contributed by atoms with Crippen molar-refractivity contribution in [2.24, 2.45) is 0 Å². The molecule has 2 atom stereocenters. The van der Waals surface area contributed by atoms with Crippen LogP contribution in [0.3, 0.4) is 0 Å². The Balaban J connectivity index is 1.72. The zero-order valence-corrected chi connectivity index (χ0v) is 21.4. The average Bonchev–Trinajstić information content (AvgIpc) is 3.24. The molecule has 1 fully saturated rings. The van der Waals surface area contributed by atoms with E-state index in [0.717, 1.165) is 22.3 Å². The summed E-state index contributed by atoms with van der Waals surface area (Å²) in [6, 6.07) is 6.78. The van der Waals surface area contributed by atoms with Gasteiger partial charge in [0.25, 0.3) is 0 Å². The highest BCUT2D eigenvalue weighted by molar-refractivity contribution is 6.00. The first kappa shape index (κ1) is 25.3. The molecule has 1 saturated heterocycles. The van der Waals surface area contributed by atoms with Crippen molar-refractivity contribution in [1.29, 1.82) is 0 Å². The molecule has 192 valence electrons. The fraction of sp³-hybridized carbons (Fsp3) is 0.462. The third kappa shape index (κ3) is 5.07. The predicted octanol–water partition coefficient (Wildman–Crippen LogP) is 4.19. The molecule has 1 amide bonds. The quantitative estimate of drug-likeness (QED) is 0.523. The smallest absolute Gasteiger partial charge is 0.411 e. The Bertz CT molecular complexity index is 1250. The highest BCUT2D eigenvalue weighted by atomic mass is 16.6. The molecule has 2 aromatic heterocycles. The largest absolute Gasteiger partial charge is 0.497 e. The maximum Gasteiger partial charge on any atom is 0.411 e. The lowest BCUT2D eigenvalue weighted by atomic mass is 9.97. The first-order valence-electron chi connectivity index (χ1n) is 12.0. The number of esters is 1. The number of hydrogen-bond acceptors (Lipinski definition) is 8. The van der Waals surface area contributed by atoms with Gasteiger partial charge in [-0.05, 0) is 58.2 Å². The number of likely N-dealkylation sites (tertiary alicyclic amines) is 1. The van der Waals surface area contributed by atoms with Gasteiger partial charge >= 0.3 is 12.1 Å². The Hall–Kier alpha value is -3.82. The van der Waals surface area contributed by atoms with Gasteiger partial charge in [-0.15, -0.1) is 0 Å². The van der Waals surface area contributed by atoms with Crippen molar-refractivity contribution in [3.05, 3.63) is 36.8 Å². The second-order valence-corrected chi connectivity index (χ2v) is 9.76. The Labute approximate surface area is 210 Å². The minimum atomic E-state index is -0.778. The molecule has 4 rings (SSSR count). The van der Waals surface area contributed by atoms with Gasteiger partial charge in [-0.25, -0.2) is 19.6 Å². The Morgan fingerprint density at radius 2 is 1.89 bits per heavy atom. The highest BCUT2D eigenvalue weighted by Crippen LogP contribution is 2.38. The van der Waals surface area contributed by atoms with Crippen LogP contribution in [-0.2, 0) is 14.3 Å². The molecule has 0 spiro atoms. The minimum Gasteiger partial charge on any atom is -0.497 e. The number of aromatic nitrogens is 3. The van der Waals surface area contributed by atoms with Crippen molar-refractivity contribution in [2.45, 2.75) is 58.2 Å². The molecule has 0 bridgehead atoms. The summed E-state index contributed by atoms with van der Waals surface area (Å²) in [6.45, 7) is 7.70. The zero-order chi connectivity index (χ0) is 26.0. The van der Waals surface area contributed by atoms with Gasteiger partial charge in [-0.3, -0.25) is 4.90 Å². The van der Waals surface area contributed by atoms with Crippen LogP contribution in [-0.4, -0.2) is 63.4 Å². The third-order valence-electron chi connectivity index (χ3n) is 6.19. The summed E-state index contributed by atoms with van der Waals surface area (Å²) in [7, 11) is 1.62. The topological polar surface area (TPSA) is 122 Å². The molecule has 36 heavy (non-hydrogen) atoms. The molecule has 0 radical (unpaired) electrons. The number of fused-ring (bicyclic) bond motifs is 1. The van der Waals surface area contributed by atoms with E-state index in [1.807, 2.05) is 35.0 Å². The van der Waals surface area contributed by atoms with Crippen LogP contribution in [0.5, 0.6) is 5.75 Å². The van der Waals surface area contributed by atoms with E-state index in [4.69, 9.17) is 19.9 Å². The number of carbonyl (C=O) groups excluding carboxylic acids is 2. The molecule has 10 heteroatoms. The number of hydrogen-bond donors (Lipinski definition) is 1. The average molecular weight is 496 g/mol. The van der Waals surface area contributed by atoms with Gasteiger partial charge in [0.05, 0.1) is 19.1 Å². The van der Waals surface area contributed by atoms with Gasteiger partial charge in [0.1, 0.15) is 35.2 Å². The third-order valence-corrected chi connectivity index (χ3v) is 6.19. The minimum absolute atomic E-state index is 0.123. The van der Waals surface area contributed by atoms with E-state index >= 15 is 0 Å². The van der Waals surface area contributed by atoms with Crippen LogP contribution in [0, 0.1) is 0 Å². The molecular formula is C26H33N5O5. The van der Waals surface area contributed by atoms with E-state index in [0.29, 0.717) is 30.9 Å². The molecule has 2 N–H and O–H groups in total. The number of benzene rings is 1. The lowest BCUT2D eigenvalue weighted by Gasteiger charge is -2.39. The van der Waals surface area contributed by atoms with Crippen LogP contribution in [0.1, 0.15) is 46.6 Å². The lowest BCUT2D eigenvalue weighted by Crippen LogP contribution is -2.52. The van der Waals surface area contributed by atoms with Crippen LogP contribution in [0.4, 0.5) is 10.6 Å². The van der Waals surface area contributed by atoms with Gasteiger partial charge in [0, 0.05) is 24.3 Å². The monoisotopic (exact) mass is 495 g/mol. The molecule has 3 heterocycles. The highest BCUT2D eigenvalue weighted by Gasteiger charge is 2.40. The standard InChI is InChI=1S/C26H33N5O5/c1-6-35-24(32)20-13-17(11-12-30(20)25(33)36-26(2,3)4)31-14-19(16-7-9-18(34-5)10-8-16)21-22(27)28-15-29-23(21)31/h7-10,14-15,17,20H,6,11-13H2,1-5H3,(H2,27,28,29). The number of methoxy groups -OCH3 is 1. The number of carbonyl (C=O) groups is 2. The van der Waals surface area contributed by atoms with Crippen LogP contribution >= 0.6 is 0 Å². The second kappa shape index (κ2) is 10.0. The fourth-order valence-corrected chi connectivity index (χ4v) is 4.58. The molecule has 10 nitrogen and oxygen atoms in total. The molecule has 1 aliphatic heterocycles. The van der Waals surface area contributed by atoms with E-state index in [1.165, 1.54) is 11.2 Å². The number of piperidine rings is 1. The second-order valence-electron chi connectivity index (χ2n) is 9.76. The fourth-order valence-electron chi connectivity index (χ4n) is 4.58.